The smallest absolute Gasteiger partial charge is 0.306 e. The van der Waals surface area contributed by atoms with Crippen LogP contribution in [-0.2, 0) is 6.18 Å². The summed E-state index contributed by atoms with van der Waals surface area (Å²) in [5.74, 6) is -1.32. The number of hydrogen-bond donors (Lipinski definition) is 2. The highest BCUT2D eigenvalue weighted by Gasteiger charge is 2.34. The average molecular weight is 458 g/mol. The van der Waals surface area contributed by atoms with Crippen molar-refractivity contribution in [1.29, 1.82) is 0 Å². The molecule has 3 rings (SSSR count). The number of Topliss-reactive ketones (excluding diaryl/α,β-unsaturated/α-hetero) is 1. The lowest BCUT2D eigenvalue weighted by Gasteiger charge is -2.10. The van der Waals surface area contributed by atoms with Gasteiger partial charge in [-0.15, -0.1) is 11.3 Å². The van der Waals surface area contributed by atoms with Crippen LogP contribution in [-0.4, -0.2) is 31.9 Å². The molecule has 0 saturated heterocycles. The van der Waals surface area contributed by atoms with Gasteiger partial charge >= 0.3 is 6.18 Å². The van der Waals surface area contributed by atoms with Gasteiger partial charge in [-0.3, -0.25) is 14.7 Å². The zero-order chi connectivity index (χ0) is 22.1. The number of rotatable bonds is 6. The lowest BCUT2D eigenvalue weighted by Crippen LogP contribution is -2.13. The van der Waals surface area contributed by atoms with Gasteiger partial charge in [-0.1, -0.05) is 18.5 Å². The number of hydrogen-bond acceptors (Lipinski definition) is 6. The Bertz CT molecular complexity index is 1100. The number of carbonyl (C=O) groups excluding carboxylic acids is 2. The van der Waals surface area contributed by atoms with Gasteiger partial charge < -0.3 is 5.32 Å². The van der Waals surface area contributed by atoms with Crippen LogP contribution < -0.4 is 5.32 Å². The number of thiazole rings is 1. The molecule has 7 nitrogen and oxygen atoms in total. The number of nitrogens with zero attached hydrogens (tertiary/aromatic N) is 3. The summed E-state index contributed by atoms with van der Waals surface area (Å²) in [6.45, 7) is 3.54. The third-order valence-corrected chi connectivity index (χ3v) is 5.72. The first-order valence-corrected chi connectivity index (χ1v) is 9.78. The van der Waals surface area contributed by atoms with Gasteiger partial charge in [0.1, 0.15) is 10.7 Å². The van der Waals surface area contributed by atoms with Crippen LogP contribution in [0.4, 0.5) is 19.0 Å². The highest BCUT2D eigenvalue weighted by atomic mass is 35.5. The number of aromatic nitrogens is 4. The van der Waals surface area contributed by atoms with Crippen molar-refractivity contribution < 1.29 is 22.8 Å². The Balaban J connectivity index is 1.69. The highest BCUT2D eigenvalue weighted by Crippen LogP contribution is 2.35. The molecule has 12 heteroatoms. The van der Waals surface area contributed by atoms with Crippen LogP contribution in [0.5, 0.6) is 0 Å². The second-order valence-electron chi connectivity index (χ2n) is 6.50. The number of alkyl halides is 3. The Morgan fingerprint density at radius 2 is 2.00 bits per heavy atom. The minimum Gasteiger partial charge on any atom is -0.306 e. The van der Waals surface area contributed by atoms with E-state index >= 15 is 0 Å². The Morgan fingerprint density at radius 3 is 2.63 bits per heavy atom. The van der Waals surface area contributed by atoms with Gasteiger partial charge in [-0.2, -0.15) is 18.3 Å². The fourth-order valence-electron chi connectivity index (χ4n) is 2.63. The van der Waals surface area contributed by atoms with Crippen LogP contribution in [0.25, 0.3) is 0 Å². The maximum atomic E-state index is 12.9. The molecule has 0 bridgehead atoms. The predicted octanol–water partition coefficient (Wildman–Crippen LogP) is 4.87. The monoisotopic (exact) mass is 457 g/mol. The number of ketones is 1. The number of amides is 1. The summed E-state index contributed by atoms with van der Waals surface area (Å²) in [4.78, 5) is 32.8. The summed E-state index contributed by atoms with van der Waals surface area (Å²) in [6.07, 6.45) is -0.918. The van der Waals surface area contributed by atoms with Crippen molar-refractivity contribution in [2.45, 2.75) is 32.4 Å². The third-order valence-electron chi connectivity index (χ3n) is 4.19. The predicted molar refractivity (Wildman–Crippen MR) is 105 cm³/mol. The maximum Gasteiger partial charge on any atom is 0.418 e. The second kappa shape index (κ2) is 8.52. The van der Waals surface area contributed by atoms with E-state index in [0.29, 0.717) is 22.3 Å². The summed E-state index contributed by atoms with van der Waals surface area (Å²) in [5, 5.41) is 8.81. The van der Waals surface area contributed by atoms with Crippen molar-refractivity contribution in [2.75, 3.05) is 5.32 Å². The van der Waals surface area contributed by atoms with Crippen molar-refractivity contribution in [2.24, 2.45) is 0 Å². The molecule has 158 valence electrons. The average Bonchev–Trinajstić information content (AvgIpc) is 3.31. The van der Waals surface area contributed by atoms with E-state index in [0.717, 1.165) is 17.5 Å². The van der Waals surface area contributed by atoms with E-state index in [1.165, 1.54) is 12.4 Å². The van der Waals surface area contributed by atoms with Crippen LogP contribution in [0, 0.1) is 6.92 Å². The topological polar surface area (TPSA) is 101 Å². The standard InChI is InChI=1S/C18H15ClF3N5O2S/c1-8(3-13(28)10-5-25-27-9(10)2)17-24-7-14(30-17)16(29)26-15-4-11(18(20,21)22)12(19)6-23-15/h4-8H,3H2,1-2H3,(H,25,27)(H,23,26,29)/t8-/m0/s1. The Hall–Kier alpha value is -2.79. The number of carbonyl (C=O) groups is 2. The zero-order valence-corrected chi connectivity index (χ0v) is 17.2. The van der Waals surface area contributed by atoms with E-state index in [2.05, 4.69) is 25.5 Å². The molecule has 0 saturated carbocycles. The van der Waals surface area contributed by atoms with Crippen LogP contribution in [0.15, 0.2) is 24.7 Å². The first-order chi connectivity index (χ1) is 14.1. The largest absolute Gasteiger partial charge is 0.418 e. The Kier molecular flexibility index (Phi) is 6.22. The molecule has 0 aliphatic rings. The zero-order valence-electron chi connectivity index (χ0n) is 15.7. The van der Waals surface area contributed by atoms with Crippen molar-refractivity contribution in [3.05, 3.63) is 56.4 Å². The van der Waals surface area contributed by atoms with E-state index in [4.69, 9.17) is 11.6 Å². The summed E-state index contributed by atoms with van der Waals surface area (Å²) in [6, 6.07) is 0.663. The van der Waals surface area contributed by atoms with Gasteiger partial charge in [0.05, 0.1) is 33.6 Å². The Labute approximate surface area is 177 Å². The lowest BCUT2D eigenvalue weighted by molar-refractivity contribution is -0.137. The molecule has 1 atom stereocenters. The summed E-state index contributed by atoms with van der Waals surface area (Å²) in [7, 11) is 0. The van der Waals surface area contributed by atoms with Crippen LogP contribution >= 0.6 is 22.9 Å². The van der Waals surface area contributed by atoms with Gasteiger partial charge in [0.15, 0.2) is 5.78 Å². The Morgan fingerprint density at radius 1 is 1.27 bits per heavy atom. The minimum atomic E-state index is -4.67. The molecule has 0 aliphatic carbocycles. The minimum absolute atomic E-state index is 0.111. The maximum absolute atomic E-state index is 12.9. The molecule has 0 radical (unpaired) electrons. The van der Waals surface area contributed by atoms with E-state index in [1.807, 2.05) is 0 Å². The van der Waals surface area contributed by atoms with Crippen LogP contribution in [0.1, 0.15) is 55.6 Å². The molecule has 0 aromatic carbocycles. The second-order valence-corrected chi connectivity index (χ2v) is 7.97. The molecular weight excluding hydrogens is 443 g/mol. The van der Waals surface area contributed by atoms with E-state index < -0.39 is 22.7 Å². The lowest BCUT2D eigenvalue weighted by atomic mass is 10.0. The number of nitrogens with one attached hydrogen (secondary N) is 2. The summed E-state index contributed by atoms with van der Waals surface area (Å²) in [5.41, 5.74) is 0.0619. The molecule has 0 unspecified atom stereocenters. The quantitative estimate of drug-likeness (QED) is 0.514. The summed E-state index contributed by atoms with van der Waals surface area (Å²) < 4.78 is 38.8. The number of anilines is 1. The van der Waals surface area contributed by atoms with E-state index in [9.17, 15) is 22.8 Å². The SMILES string of the molecule is Cc1[nH]ncc1C(=O)C[C@H](C)c1ncc(C(=O)Nc2cc(C(F)(F)F)c(Cl)cn2)s1. The number of aryl methyl sites for hydroxylation is 1. The van der Waals surface area contributed by atoms with Crippen LogP contribution in [0.3, 0.4) is 0 Å². The molecular formula is C18H15ClF3N5O2S. The number of H-pyrrole nitrogens is 1. The molecule has 30 heavy (non-hydrogen) atoms. The van der Waals surface area contributed by atoms with Gasteiger partial charge in [-0.05, 0) is 13.0 Å². The molecule has 0 spiro atoms. The van der Waals surface area contributed by atoms with E-state index in [-0.39, 0.29) is 28.8 Å². The van der Waals surface area contributed by atoms with Gasteiger partial charge in [-0.25, -0.2) is 9.97 Å². The fourth-order valence-corrected chi connectivity index (χ4v) is 3.70. The third kappa shape index (κ3) is 4.85. The molecule has 3 heterocycles. The van der Waals surface area contributed by atoms with Crippen molar-refractivity contribution in [3.8, 4) is 0 Å². The normalized spacial score (nSPS) is 12.6. The molecule has 2 N–H and O–H groups in total. The summed E-state index contributed by atoms with van der Waals surface area (Å²) >= 11 is 6.57. The fraction of sp³-hybridized carbons (Fsp3) is 0.278. The van der Waals surface area contributed by atoms with E-state index in [1.54, 1.807) is 13.8 Å². The van der Waals surface area contributed by atoms with Gasteiger partial charge in [0.25, 0.3) is 5.91 Å². The highest BCUT2D eigenvalue weighted by molar-refractivity contribution is 7.13. The van der Waals surface area contributed by atoms with Crippen molar-refractivity contribution in [1.82, 2.24) is 20.2 Å². The molecule has 3 aromatic rings. The molecule has 1 amide bonds. The molecule has 0 fully saturated rings. The number of pyridine rings is 1. The van der Waals surface area contributed by atoms with Gasteiger partial charge in [0, 0.05) is 24.2 Å². The van der Waals surface area contributed by atoms with Crippen LogP contribution in [0.2, 0.25) is 5.02 Å². The molecule has 0 aliphatic heterocycles. The van der Waals surface area contributed by atoms with Crippen molar-refractivity contribution in [3.63, 3.8) is 0 Å². The van der Waals surface area contributed by atoms with Crippen molar-refractivity contribution >= 4 is 40.4 Å². The first-order valence-electron chi connectivity index (χ1n) is 8.59. The molecule has 3 aromatic heterocycles. The number of aromatic amines is 1. The van der Waals surface area contributed by atoms with Gasteiger partial charge in [0.2, 0.25) is 0 Å². The first kappa shape index (κ1) is 21.9. The number of halogens is 4.